The van der Waals surface area contributed by atoms with Crippen molar-refractivity contribution >= 4 is 17.9 Å². The van der Waals surface area contributed by atoms with E-state index in [1.54, 1.807) is 0 Å². The summed E-state index contributed by atoms with van der Waals surface area (Å²) in [7, 11) is 0. The summed E-state index contributed by atoms with van der Waals surface area (Å²) in [5.41, 5.74) is 0. The number of carbonyl (C=O) groups excluding carboxylic acids is 3. The Bertz CT molecular complexity index is 1570. The van der Waals surface area contributed by atoms with Gasteiger partial charge in [0.15, 0.2) is 6.10 Å². The third-order valence-corrected chi connectivity index (χ3v) is 15.9. The normalized spacial score (nSPS) is 12.6. The maximum Gasteiger partial charge on any atom is 0.306 e. The Morgan fingerprint density at radius 2 is 0.470 bits per heavy atom. The maximum atomic E-state index is 13.0. The Morgan fingerprint density at radius 3 is 0.771 bits per heavy atom. The largest absolute Gasteiger partial charge is 0.462 e. The van der Waals surface area contributed by atoms with Crippen LogP contribution in [0.5, 0.6) is 0 Å². The molecule has 0 aromatic carbocycles. The molecule has 1 unspecified atom stereocenters. The molecule has 0 radical (unpaired) electrons. The van der Waals surface area contributed by atoms with Gasteiger partial charge in [0.2, 0.25) is 0 Å². The van der Waals surface area contributed by atoms with Crippen molar-refractivity contribution in [2.75, 3.05) is 13.2 Å². The Balaban J connectivity index is 4.29. The van der Waals surface area contributed by atoms with Gasteiger partial charge in [-0.05, 0) is 116 Å². The van der Waals surface area contributed by atoms with Crippen LogP contribution < -0.4 is 0 Å². The smallest absolute Gasteiger partial charge is 0.306 e. The van der Waals surface area contributed by atoms with Gasteiger partial charge in [0.05, 0.1) is 0 Å². The lowest BCUT2D eigenvalue weighted by atomic mass is 10.0. The molecule has 6 nitrogen and oxygen atoms in total. The molecule has 0 saturated carbocycles. The number of unbranched alkanes of at least 4 members (excludes halogenated alkanes) is 41. The minimum Gasteiger partial charge on any atom is -0.462 e. The van der Waals surface area contributed by atoms with E-state index in [-0.39, 0.29) is 31.1 Å². The van der Waals surface area contributed by atoms with Crippen LogP contribution in [-0.4, -0.2) is 37.2 Å². The van der Waals surface area contributed by atoms with Crippen LogP contribution in [0.2, 0.25) is 0 Å². The van der Waals surface area contributed by atoms with Gasteiger partial charge in [-0.2, -0.15) is 0 Å². The van der Waals surface area contributed by atoms with Crippen molar-refractivity contribution in [3.63, 3.8) is 0 Å². The van der Waals surface area contributed by atoms with Crippen molar-refractivity contribution in [2.45, 2.75) is 374 Å². The molecule has 0 spiro atoms. The van der Waals surface area contributed by atoms with E-state index in [1.807, 2.05) is 0 Å². The van der Waals surface area contributed by atoms with E-state index < -0.39 is 6.10 Å². The number of rotatable bonds is 66. The first-order valence-electron chi connectivity index (χ1n) is 36.1. The molecule has 0 aromatic heterocycles. The summed E-state index contributed by atoms with van der Waals surface area (Å²) in [6, 6.07) is 0. The third-order valence-electron chi connectivity index (χ3n) is 15.9. The minimum absolute atomic E-state index is 0.0787. The molecule has 0 saturated heterocycles. The zero-order chi connectivity index (χ0) is 59.9. The summed E-state index contributed by atoms with van der Waals surface area (Å²) in [6.45, 7) is 6.54. The van der Waals surface area contributed by atoms with Crippen molar-refractivity contribution in [3.8, 4) is 0 Å². The first-order valence-corrected chi connectivity index (χ1v) is 36.1. The quantitative estimate of drug-likeness (QED) is 0.0261. The molecule has 0 bridgehead atoms. The van der Waals surface area contributed by atoms with E-state index >= 15 is 0 Å². The molecule has 0 heterocycles. The predicted molar refractivity (Wildman–Crippen MR) is 362 cm³/mol. The highest BCUT2D eigenvalue weighted by Gasteiger charge is 2.19. The molecule has 0 aliphatic carbocycles. The highest BCUT2D eigenvalue weighted by atomic mass is 16.6. The third kappa shape index (κ3) is 69.3. The van der Waals surface area contributed by atoms with E-state index in [9.17, 15) is 14.4 Å². The Labute approximate surface area is 515 Å². The van der Waals surface area contributed by atoms with Gasteiger partial charge in [-0.1, -0.05) is 318 Å². The van der Waals surface area contributed by atoms with Crippen molar-refractivity contribution in [3.05, 3.63) is 85.1 Å². The number of hydrogen-bond acceptors (Lipinski definition) is 6. The van der Waals surface area contributed by atoms with Gasteiger partial charge in [-0.15, -0.1) is 0 Å². The van der Waals surface area contributed by atoms with Crippen LogP contribution in [0.3, 0.4) is 0 Å². The summed E-state index contributed by atoms with van der Waals surface area (Å²) in [4.78, 5) is 38.5. The van der Waals surface area contributed by atoms with Gasteiger partial charge in [0, 0.05) is 19.3 Å². The summed E-state index contributed by atoms with van der Waals surface area (Å²) in [5.74, 6) is -0.874. The molecule has 0 aromatic rings. The van der Waals surface area contributed by atoms with Crippen molar-refractivity contribution in [2.24, 2.45) is 0 Å². The molecular formula is C77H136O6. The predicted octanol–water partition coefficient (Wildman–Crippen LogP) is 25.0. The second kappa shape index (κ2) is 71.1. The van der Waals surface area contributed by atoms with Gasteiger partial charge in [0.25, 0.3) is 0 Å². The lowest BCUT2D eigenvalue weighted by Crippen LogP contribution is -2.30. The van der Waals surface area contributed by atoms with E-state index in [0.717, 1.165) is 103 Å². The molecule has 0 N–H and O–H groups in total. The van der Waals surface area contributed by atoms with E-state index in [2.05, 4.69) is 106 Å². The molecule has 0 rings (SSSR count). The van der Waals surface area contributed by atoms with Crippen molar-refractivity contribution in [1.29, 1.82) is 0 Å². The highest BCUT2D eigenvalue weighted by molar-refractivity contribution is 5.71. The zero-order valence-corrected chi connectivity index (χ0v) is 55.2. The maximum absolute atomic E-state index is 13.0. The van der Waals surface area contributed by atoms with E-state index in [4.69, 9.17) is 14.2 Å². The molecule has 0 aliphatic heterocycles. The van der Waals surface area contributed by atoms with Crippen molar-refractivity contribution < 1.29 is 28.6 Å². The molecule has 6 heteroatoms. The Kier molecular flexibility index (Phi) is 68.2. The SMILES string of the molecule is CC/C=C\C/C=C\C/C=C\C/C=C\CCCCCCCCCCCCCCCCC(=O)OCC(COC(=O)CCCCCCC/C=C\C/C=C\CCCCC)OC(=O)CCCCCCCCCCCCC/C=C\CCCCCCCCCC. The molecule has 0 fully saturated rings. The van der Waals surface area contributed by atoms with Gasteiger partial charge in [-0.25, -0.2) is 0 Å². The Hall–Kier alpha value is -3.41. The van der Waals surface area contributed by atoms with Crippen LogP contribution in [0.1, 0.15) is 367 Å². The van der Waals surface area contributed by atoms with E-state index in [0.29, 0.717) is 19.3 Å². The number of hydrogen-bond donors (Lipinski definition) is 0. The van der Waals surface area contributed by atoms with Crippen LogP contribution in [0.25, 0.3) is 0 Å². The topological polar surface area (TPSA) is 78.9 Å². The second-order valence-corrected chi connectivity index (χ2v) is 24.1. The van der Waals surface area contributed by atoms with Gasteiger partial charge in [0.1, 0.15) is 13.2 Å². The van der Waals surface area contributed by atoms with Crippen LogP contribution in [0.15, 0.2) is 85.1 Å². The Morgan fingerprint density at radius 1 is 0.253 bits per heavy atom. The fourth-order valence-electron chi connectivity index (χ4n) is 10.5. The number of esters is 3. The summed E-state index contributed by atoms with van der Waals surface area (Å²) < 4.78 is 17.0. The first kappa shape index (κ1) is 79.6. The summed E-state index contributed by atoms with van der Waals surface area (Å²) in [6.07, 6.45) is 94.7. The molecule has 1 atom stereocenters. The highest BCUT2D eigenvalue weighted by Crippen LogP contribution is 2.18. The zero-order valence-electron chi connectivity index (χ0n) is 55.2. The fraction of sp³-hybridized carbons (Fsp3) is 0.779. The van der Waals surface area contributed by atoms with E-state index in [1.165, 1.54) is 225 Å². The first-order chi connectivity index (χ1) is 41.0. The second-order valence-electron chi connectivity index (χ2n) is 24.1. The molecular weight excluding hydrogens is 1020 g/mol. The van der Waals surface area contributed by atoms with Gasteiger partial charge >= 0.3 is 17.9 Å². The van der Waals surface area contributed by atoms with Crippen LogP contribution in [-0.2, 0) is 28.6 Å². The average Bonchev–Trinajstić information content (AvgIpc) is 3.49. The lowest BCUT2D eigenvalue weighted by Gasteiger charge is -2.18. The molecule has 0 aliphatic rings. The molecule has 0 amide bonds. The van der Waals surface area contributed by atoms with Gasteiger partial charge < -0.3 is 14.2 Å². The number of carbonyl (C=O) groups is 3. The standard InChI is InChI=1S/C77H136O6/c1-4-7-10-13-16-19-22-25-28-30-32-34-36-37-38-39-41-42-44-46-49-52-55-58-61-64-67-70-76(79)82-73-74(72-81-75(78)69-66-63-60-57-54-51-48-27-24-21-18-15-12-9-6-3)83-77(80)71-68-65-62-59-56-53-50-47-45-43-40-35-33-31-29-26-23-20-17-14-11-8-5-2/h7,10,16,18-19,21,25,27-28,31-34,48,74H,4-6,8-9,11-15,17,20,22-24,26,29-30,35-47,49-73H2,1-3H3/b10-7-,19-16-,21-18-,28-25-,33-31-,34-32-,48-27-. The fourth-order valence-corrected chi connectivity index (χ4v) is 10.5. The molecule has 480 valence electrons. The van der Waals surface area contributed by atoms with Gasteiger partial charge in [-0.3, -0.25) is 14.4 Å². The van der Waals surface area contributed by atoms with Crippen LogP contribution >= 0.6 is 0 Å². The minimum atomic E-state index is -0.784. The number of ether oxygens (including phenoxy) is 3. The van der Waals surface area contributed by atoms with Crippen LogP contribution in [0.4, 0.5) is 0 Å². The number of allylic oxidation sites excluding steroid dienone is 14. The average molecular weight is 1160 g/mol. The lowest BCUT2D eigenvalue weighted by molar-refractivity contribution is -0.167. The molecule has 83 heavy (non-hydrogen) atoms. The van der Waals surface area contributed by atoms with Crippen LogP contribution in [0, 0.1) is 0 Å². The monoisotopic (exact) mass is 1160 g/mol. The summed E-state index contributed by atoms with van der Waals surface area (Å²) in [5, 5.41) is 0. The summed E-state index contributed by atoms with van der Waals surface area (Å²) >= 11 is 0. The van der Waals surface area contributed by atoms with Crippen molar-refractivity contribution in [1.82, 2.24) is 0 Å².